The summed E-state index contributed by atoms with van der Waals surface area (Å²) in [6.07, 6.45) is -0.353. The van der Waals surface area contributed by atoms with Gasteiger partial charge in [0.15, 0.2) is 0 Å². The van der Waals surface area contributed by atoms with E-state index in [9.17, 15) is 9.18 Å². The molecule has 2 aromatic rings. The van der Waals surface area contributed by atoms with Crippen LogP contribution in [0.5, 0.6) is 0 Å². The number of methoxy groups -OCH3 is 1. The number of benzene rings is 2. The van der Waals surface area contributed by atoms with Crippen LogP contribution in [0.15, 0.2) is 54.6 Å². The molecule has 0 bridgehead atoms. The van der Waals surface area contributed by atoms with Crippen molar-refractivity contribution in [1.82, 2.24) is 5.32 Å². The molecule has 1 N–H and O–H groups in total. The largest absolute Gasteiger partial charge is 0.375 e. The summed E-state index contributed by atoms with van der Waals surface area (Å²) in [5, 5.41) is 2.83. The molecule has 3 nitrogen and oxygen atoms in total. The Morgan fingerprint density at radius 3 is 2.70 bits per heavy atom. The highest BCUT2D eigenvalue weighted by Crippen LogP contribution is 2.17. The second-order valence-electron chi connectivity index (χ2n) is 5.06. The van der Waals surface area contributed by atoms with Crippen LogP contribution in [0.4, 0.5) is 4.39 Å². The summed E-state index contributed by atoms with van der Waals surface area (Å²) in [5.41, 5.74) is 1.91. The molecule has 2 aromatic carbocycles. The number of halogens is 1. The summed E-state index contributed by atoms with van der Waals surface area (Å²) in [7, 11) is 1.55. The van der Waals surface area contributed by atoms with Gasteiger partial charge < -0.3 is 10.1 Å². The number of amides is 1. The van der Waals surface area contributed by atoms with E-state index >= 15 is 0 Å². The molecule has 0 aliphatic rings. The maximum Gasteiger partial charge on any atom is 0.230 e. The first-order valence-electron chi connectivity index (χ1n) is 7.35. The highest BCUT2D eigenvalue weighted by atomic mass is 32.2. The summed E-state index contributed by atoms with van der Waals surface area (Å²) < 4.78 is 18.6. The highest BCUT2D eigenvalue weighted by molar-refractivity contribution is 7.99. The van der Waals surface area contributed by atoms with E-state index < -0.39 is 0 Å². The van der Waals surface area contributed by atoms with E-state index in [4.69, 9.17) is 4.74 Å². The van der Waals surface area contributed by atoms with Gasteiger partial charge in [0.05, 0.1) is 11.9 Å². The van der Waals surface area contributed by atoms with Crippen molar-refractivity contribution in [3.05, 3.63) is 71.5 Å². The highest BCUT2D eigenvalue weighted by Gasteiger charge is 2.12. The molecule has 0 unspecified atom stereocenters. The number of carbonyl (C=O) groups excluding carboxylic acids is 1. The van der Waals surface area contributed by atoms with E-state index in [1.54, 1.807) is 31.0 Å². The summed E-state index contributed by atoms with van der Waals surface area (Å²) >= 11 is 1.56. The minimum absolute atomic E-state index is 0.0515. The van der Waals surface area contributed by atoms with Crippen molar-refractivity contribution >= 4 is 17.7 Å². The molecule has 1 atom stereocenters. The minimum atomic E-state index is -0.353. The van der Waals surface area contributed by atoms with Gasteiger partial charge in [-0.2, -0.15) is 0 Å². The zero-order valence-corrected chi connectivity index (χ0v) is 13.8. The third kappa shape index (κ3) is 6.04. The van der Waals surface area contributed by atoms with E-state index in [1.165, 1.54) is 17.7 Å². The van der Waals surface area contributed by atoms with E-state index in [-0.39, 0.29) is 17.8 Å². The fraction of sp³-hybridized carbons (Fsp3) is 0.278. The molecule has 122 valence electrons. The van der Waals surface area contributed by atoms with Gasteiger partial charge >= 0.3 is 0 Å². The first-order valence-corrected chi connectivity index (χ1v) is 8.51. The van der Waals surface area contributed by atoms with Crippen molar-refractivity contribution in [2.24, 2.45) is 0 Å². The molecule has 5 heteroatoms. The van der Waals surface area contributed by atoms with Gasteiger partial charge in [-0.1, -0.05) is 42.5 Å². The zero-order valence-electron chi connectivity index (χ0n) is 13.0. The smallest absolute Gasteiger partial charge is 0.230 e. The van der Waals surface area contributed by atoms with Crippen molar-refractivity contribution in [3.63, 3.8) is 0 Å². The third-order valence-electron chi connectivity index (χ3n) is 3.33. The van der Waals surface area contributed by atoms with Crippen LogP contribution in [0.2, 0.25) is 0 Å². The monoisotopic (exact) mass is 333 g/mol. The van der Waals surface area contributed by atoms with Crippen molar-refractivity contribution in [1.29, 1.82) is 0 Å². The second kappa shape index (κ2) is 9.33. The van der Waals surface area contributed by atoms with E-state index in [0.717, 1.165) is 5.75 Å². The van der Waals surface area contributed by atoms with Crippen molar-refractivity contribution in [2.75, 3.05) is 19.4 Å². The lowest BCUT2D eigenvalue weighted by Crippen LogP contribution is -2.30. The van der Waals surface area contributed by atoms with Crippen LogP contribution in [0.3, 0.4) is 0 Å². The summed E-state index contributed by atoms with van der Waals surface area (Å²) in [5.74, 6) is 0.819. The fourth-order valence-corrected chi connectivity index (χ4v) is 2.96. The van der Waals surface area contributed by atoms with Gasteiger partial charge in [0.2, 0.25) is 5.91 Å². The maximum absolute atomic E-state index is 13.2. The lowest BCUT2D eigenvalue weighted by molar-refractivity contribution is -0.119. The van der Waals surface area contributed by atoms with Crippen LogP contribution in [0, 0.1) is 5.82 Å². The molecule has 0 heterocycles. The average Bonchev–Trinajstić information content (AvgIpc) is 2.56. The third-order valence-corrected chi connectivity index (χ3v) is 4.34. The van der Waals surface area contributed by atoms with Gasteiger partial charge in [-0.3, -0.25) is 4.79 Å². The van der Waals surface area contributed by atoms with Crippen LogP contribution >= 0.6 is 11.8 Å². The van der Waals surface area contributed by atoms with Gasteiger partial charge in [0.1, 0.15) is 5.82 Å². The van der Waals surface area contributed by atoms with Gasteiger partial charge in [-0.25, -0.2) is 4.39 Å². The predicted octanol–water partition coefficient (Wildman–Crippen LogP) is 3.56. The van der Waals surface area contributed by atoms with Crippen LogP contribution < -0.4 is 5.32 Å². The van der Waals surface area contributed by atoms with Crippen LogP contribution in [0.25, 0.3) is 0 Å². The van der Waals surface area contributed by atoms with Crippen molar-refractivity contribution in [2.45, 2.75) is 11.9 Å². The van der Waals surface area contributed by atoms with E-state index in [2.05, 4.69) is 5.32 Å². The topological polar surface area (TPSA) is 38.3 Å². The first kappa shape index (κ1) is 17.5. The SMILES string of the molecule is CO[C@@H](CNC(=O)CSCc1ccccc1)c1cccc(F)c1. The molecule has 0 radical (unpaired) electrons. The number of hydrogen-bond acceptors (Lipinski definition) is 3. The lowest BCUT2D eigenvalue weighted by Gasteiger charge is -2.16. The van der Waals surface area contributed by atoms with Gasteiger partial charge in [-0.15, -0.1) is 11.8 Å². The molecule has 0 fully saturated rings. The second-order valence-corrected chi connectivity index (χ2v) is 6.05. The Balaban J connectivity index is 1.74. The number of rotatable bonds is 8. The van der Waals surface area contributed by atoms with Crippen LogP contribution in [-0.2, 0) is 15.3 Å². The fourth-order valence-electron chi connectivity index (χ4n) is 2.14. The first-order chi connectivity index (χ1) is 11.2. The predicted molar refractivity (Wildman–Crippen MR) is 91.8 cm³/mol. The molecule has 0 aliphatic heterocycles. The minimum Gasteiger partial charge on any atom is -0.375 e. The number of ether oxygens (including phenoxy) is 1. The summed E-state index contributed by atoms with van der Waals surface area (Å²) in [6.45, 7) is 0.324. The van der Waals surface area contributed by atoms with Crippen molar-refractivity contribution in [3.8, 4) is 0 Å². The quantitative estimate of drug-likeness (QED) is 0.803. The number of thioether (sulfide) groups is 1. The Labute approximate surface area is 140 Å². The average molecular weight is 333 g/mol. The van der Waals surface area contributed by atoms with Crippen LogP contribution in [0.1, 0.15) is 17.2 Å². The van der Waals surface area contributed by atoms with Gasteiger partial charge in [0, 0.05) is 19.4 Å². The Hall–Kier alpha value is -1.85. The molecular formula is C18H20FNO2S. The molecule has 1 amide bonds. The Bertz CT molecular complexity index is 621. The normalized spacial score (nSPS) is 11.9. The van der Waals surface area contributed by atoms with Gasteiger partial charge in [0.25, 0.3) is 0 Å². The Morgan fingerprint density at radius 1 is 1.22 bits per heavy atom. The van der Waals surface area contributed by atoms with Gasteiger partial charge in [-0.05, 0) is 23.3 Å². The van der Waals surface area contributed by atoms with E-state index in [0.29, 0.717) is 17.9 Å². The van der Waals surface area contributed by atoms with Crippen LogP contribution in [-0.4, -0.2) is 25.3 Å². The standard InChI is InChI=1S/C18H20FNO2S/c1-22-17(15-8-5-9-16(19)10-15)11-20-18(21)13-23-12-14-6-3-2-4-7-14/h2-10,17H,11-13H2,1H3,(H,20,21)/t17-/m0/s1. The summed E-state index contributed by atoms with van der Waals surface area (Å²) in [6, 6.07) is 16.2. The molecule has 2 rings (SSSR count). The Kier molecular flexibility index (Phi) is 7.10. The van der Waals surface area contributed by atoms with Crippen molar-refractivity contribution < 1.29 is 13.9 Å². The molecule has 0 saturated heterocycles. The number of carbonyl (C=O) groups is 1. The molecule has 0 aliphatic carbocycles. The maximum atomic E-state index is 13.2. The molecule has 0 saturated carbocycles. The Morgan fingerprint density at radius 2 is 2.00 bits per heavy atom. The number of nitrogens with one attached hydrogen (secondary N) is 1. The molecule has 0 aromatic heterocycles. The zero-order chi connectivity index (χ0) is 16.5. The summed E-state index contributed by atoms with van der Waals surface area (Å²) in [4.78, 5) is 11.9. The van der Waals surface area contributed by atoms with E-state index in [1.807, 2.05) is 30.3 Å². The molecule has 0 spiro atoms. The molecule has 23 heavy (non-hydrogen) atoms. The molecular weight excluding hydrogens is 313 g/mol. The number of hydrogen-bond donors (Lipinski definition) is 1. The lowest BCUT2D eigenvalue weighted by atomic mass is 10.1.